The fourth-order valence-corrected chi connectivity index (χ4v) is 4.17. The van der Waals surface area contributed by atoms with Crippen LogP contribution in [0.4, 0.5) is 5.95 Å². The Hall–Kier alpha value is -3.41. The van der Waals surface area contributed by atoms with E-state index in [1.54, 1.807) is 0 Å². The van der Waals surface area contributed by atoms with Crippen LogP contribution in [0.1, 0.15) is 37.3 Å². The van der Waals surface area contributed by atoms with Crippen LogP contribution in [0.5, 0.6) is 0 Å². The van der Waals surface area contributed by atoms with E-state index in [9.17, 15) is 4.79 Å². The van der Waals surface area contributed by atoms with Gasteiger partial charge in [-0.25, -0.2) is 14.8 Å². The summed E-state index contributed by atoms with van der Waals surface area (Å²) in [6, 6.07) is 16.5. The molecule has 2 heterocycles. The van der Waals surface area contributed by atoms with Crippen molar-refractivity contribution in [1.82, 2.24) is 19.5 Å². The van der Waals surface area contributed by atoms with Gasteiger partial charge in [-0.2, -0.15) is 0 Å². The number of rotatable bonds is 5. The minimum atomic E-state index is -0.0132. The number of hydrogen-bond acceptors (Lipinski definition) is 4. The molecule has 1 saturated carbocycles. The SMILES string of the molecule is O=c1[nH]c2ccc(-c3cnc(NCc4ccccc4)nc3)cc2n1C1CCCC1. The molecule has 2 aromatic heterocycles. The number of benzene rings is 2. The van der Waals surface area contributed by atoms with Crippen molar-refractivity contribution in [2.24, 2.45) is 0 Å². The van der Waals surface area contributed by atoms with Crippen molar-refractivity contribution in [3.63, 3.8) is 0 Å². The molecule has 6 nitrogen and oxygen atoms in total. The smallest absolute Gasteiger partial charge is 0.326 e. The van der Waals surface area contributed by atoms with E-state index >= 15 is 0 Å². The average molecular weight is 385 g/mol. The second kappa shape index (κ2) is 7.54. The number of aromatic nitrogens is 4. The predicted octanol–water partition coefficient (Wildman–Crippen LogP) is 4.51. The Balaban J connectivity index is 1.40. The zero-order valence-corrected chi connectivity index (χ0v) is 16.1. The molecule has 29 heavy (non-hydrogen) atoms. The van der Waals surface area contributed by atoms with Gasteiger partial charge in [-0.1, -0.05) is 49.2 Å². The van der Waals surface area contributed by atoms with E-state index in [-0.39, 0.29) is 5.69 Å². The van der Waals surface area contributed by atoms with Crippen LogP contribution in [0.25, 0.3) is 22.2 Å². The summed E-state index contributed by atoms with van der Waals surface area (Å²) in [7, 11) is 0. The zero-order chi connectivity index (χ0) is 19.6. The lowest BCUT2D eigenvalue weighted by Gasteiger charge is -2.12. The van der Waals surface area contributed by atoms with Gasteiger partial charge in [0.2, 0.25) is 5.95 Å². The van der Waals surface area contributed by atoms with Crippen molar-refractivity contribution >= 4 is 17.0 Å². The summed E-state index contributed by atoms with van der Waals surface area (Å²) < 4.78 is 1.93. The molecular formula is C23H23N5O. The summed E-state index contributed by atoms with van der Waals surface area (Å²) in [5, 5.41) is 3.25. The van der Waals surface area contributed by atoms with E-state index in [1.807, 2.05) is 47.3 Å². The second-order valence-corrected chi connectivity index (χ2v) is 7.60. The standard InChI is InChI=1S/C23H23N5O/c29-23-27-20-11-10-17(12-21(20)28(23)19-8-4-5-9-19)18-14-25-22(26-15-18)24-13-16-6-2-1-3-7-16/h1-3,6-7,10-12,14-15,19H,4-5,8-9,13H2,(H,27,29)(H,24,25,26). The van der Waals surface area contributed by atoms with Gasteiger partial charge in [0.25, 0.3) is 0 Å². The fraction of sp³-hybridized carbons (Fsp3) is 0.261. The molecular weight excluding hydrogens is 362 g/mol. The maximum absolute atomic E-state index is 12.5. The van der Waals surface area contributed by atoms with Crippen LogP contribution in [0.15, 0.2) is 65.7 Å². The molecule has 0 unspecified atom stereocenters. The molecule has 0 radical (unpaired) electrons. The molecule has 4 aromatic rings. The summed E-state index contributed by atoms with van der Waals surface area (Å²) in [4.78, 5) is 24.4. The summed E-state index contributed by atoms with van der Waals surface area (Å²) in [6.07, 6.45) is 8.17. The molecule has 0 spiro atoms. The number of aromatic amines is 1. The predicted molar refractivity (Wildman–Crippen MR) is 115 cm³/mol. The molecule has 0 aliphatic heterocycles. The van der Waals surface area contributed by atoms with Gasteiger partial charge in [0.15, 0.2) is 0 Å². The van der Waals surface area contributed by atoms with Gasteiger partial charge in [-0.15, -0.1) is 0 Å². The number of anilines is 1. The van der Waals surface area contributed by atoms with E-state index in [2.05, 4.69) is 38.5 Å². The van der Waals surface area contributed by atoms with Crippen LogP contribution < -0.4 is 11.0 Å². The third-order valence-corrected chi connectivity index (χ3v) is 5.69. The number of nitrogens with one attached hydrogen (secondary N) is 2. The third kappa shape index (κ3) is 3.53. The van der Waals surface area contributed by atoms with Gasteiger partial charge in [0, 0.05) is 30.5 Å². The summed E-state index contributed by atoms with van der Waals surface area (Å²) in [5.41, 5.74) is 4.96. The maximum Gasteiger partial charge on any atom is 0.326 e. The number of fused-ring (bicyclic) bond motifs is 1. The Morgan fingerprint density at radius 2 is 1.76 bits per heavy atom. The Morgan fingerprint density at radius 3 is 2.52 bits per heavy atom. The van der Waals surface area contributed by atoms with Gasteiger partial charge < -0.3 is 10.3 Å². The quantitative estimate of drug-likeness (QED) is 0.530. The fourth-order valence-electron chi connectivity index (χ4n) is 4.17. The largest absolute Gasteiger partial charge is 0.350 e. The molecule has 0 atom stereocenters. The van der Waals surface area contributed by atoms with E-state index < -0.39 is 0 Å². The van der Waals surface area contributed by atoms with Crippen molar-refractivity contribution in [2.75, 3.05) is 5.32 Å². The van der Waals surface area contributed by atoms with Crippen LogP contribution >= 0.6 is 0 Å². The first-order valence-corrected chi connectivity index (χ1v) is 10.1. The van der Waals surface area contributed by atoms with Crippen molar-refractivity contribution in [3.8, 4) is 11.1 Å². The molecule has 1 aliphatic carbocycles. The molecule has 1 aliphatic rings. The Labute approximate surface area is 168 Å². The molecule has 1 fully saturated rings. The van der Waals surface area contributed by atoms with Crippen LogP contribution in [0, 0.1) is 0 Å². The first-order valence-electron chi connectivity index (χ1n) is 10.1. The van der Waals surface area contributed by atoms with Crippen LogP contribution in [-0.2, 0) is 6.54 Å². The average Bonchev–Trinajstić information content (AvgIpc) is 3.39. The molecule has 2 aromatic carbocycles. The molecule has 0 saturated heterocycles. The van der Waals surface area contributed by atoms with Crippen LogP contribution in [0.2, 0.25) is 0 Å². The molecule has 0 amide bonds. The summed E-state index contributed by atoms with van der Waals surface area (Å²) >= 11 is 0. The minimum absolute atomic E-state index is 0.0132. The molecule has 0 bridgehead atoms. The van der Waals surface area contributed by atoms with Gasteiger partial charge in [-0.05, 0) is 36.1 Å². The first-order chi connectivity index (χ1) is 14.3. The Kier molecular flexibility index (Phi) is 4.60. The third-order valence-electron chi connectivity index (χ3n) is 5.69. The molecule has 146 valence electrons. The van der Waals surface area contributed by atoms with E-state index in [1.165, 1.54) is 18.4 Å². The lowest BCUT2D eigenvalue weighted by atomic mass is 10.1. The van der Waals surface area contributed by atoms with Gasteiger partial charge in [0.1, 0.15) is 0 Å². The molecule has 5 rings (SSSR count). The number of hydrogen-bond donors (Lipinski definition) is 2. The number of H-pyrrole nitrogens is 1. The van der Waals surface area contributed by atoms with Crippen LogP contribution in [0.3, 0.4) is 0 Å². The number of nitrogens with zero attached hydrogens (tertiary/aromatic N) is 3. The zero-order valence-electron chi connectivity index (χ0n) is 16.1. The van der Waals surface area contributed by atoms with E-state index in [4.69, 9.17) is 0 Å². The molecule has 6 heteroatoms. The topological polar surface area (TPSA) is 75.6 Å². The van der Waals surface area contributed by atoms with Crippen molar-refractivity contribution in [3.05, 3.63) is 77.0 Å². The number of imidazole rings is 1. The monoisotopic (exact) mass is 385 g/mol. The maximum atomic E-state index is 12.5. The van der Waals surface area contributed by atoms with Crippen molar-refractivity contribution in [2.45, 2.75) is 38.3 Å². The van der Waals surface area contributed by atoms with Crippen molar-refractivity contribution in [1.29, 1.82) is 0 Å². The minimum Gasteiger partial charge on any atom is -0.350 e. The van der Waals surface area contributed by atoms with Gasteiger partial charge in [0.05, 0.1) is 11.0 Å². The second-order valence-electron chi connectivity index (χ2n) is 7.60. The highest BCUT2D eigenvalue weighted by atomic mass is 16.1. The van der Waals surface area contributed by atoms with Gasteiger partial charge in [-0.3, -0.25) is 4.57 Å². The normalized spacial score (nSPS) is 14.5. The van der Waals surface area contributed by atoms with E-state index in [0.717, 1.165) is 35.0 Å². The highest BCUT2D eigenvalue weighted by Crippen LogP contribution is 2.32. The van der Waals surface area contributed by atoms with Crippen molar-refractivity contribution < 1.29 is 0 Å². The Bertz CT molecular complexity index is 1170. The first kappa shape index (κ1) is 17.7. The summed E-state index contributed by atoms with van der Waals surface area (Å²) in [6.45, 7) is 0.684. The van der Waals surface area contributed by atoms with E-state index in [0.29, 0.717) is 18.5 Å². The van der Waals surface area contributed by atoms with Gasteiger partial charge >= 0.3 is 5.69 Å². The highest BCUT2D eigenvalue weighted by Gasteiger charge is 2.21. The highest BCUT2D eigenvalue weighted by molar-refractivity contribution is 5.82. The summed E-state index contributed by atoms with van der Waals surface area (Å²) in [5.74, 6) is 0.600. The van der Waals surface area contributed by atoms with Crippen LogP contribution in [-0.4, -0.2) is 19.5 Å². The lowest BCUT2D eigenvalue weighted by Crippen LogP contribution is -2.20. The molecule has 2 N–H and O–H groups in total. The Morgan fingerprint density at radius 1 is 1.00 bits per heavy atom. The lowest BCUT2D eigenvalue weighted by molar-refractivity contribution is 0.518.